The molecule has 0 radical (unpaired) electrons. The van der Waals surface area contributed by atoms with Crippen molar-refractivity contribution < 1.29 is 9.53 Å². The van der Waals surface area contributed by atoms with Gasteiger partial charge in [-0.15, -0.1) is 0 Å². The minimum atomic E-state index is -0.100. The Morgan fingerprint density at radius 2 is 2.18 bits per heavy atom. The summed E-state index contributed by atoms with van der Waals surface area (Å²) in [4.78, 5) is 11.9. The van der Waals surface area contributed by atoms with E-state index >= 15 is 0 Å². The van der Waals surface area contributed by atoms with E-state index in [4.69, 9.17) is 4.74 Å². The van der Waals surface area contributed by atoms with Crippen molar-refractivity contribution in [3.8, 4) is 0 Å². The van der Waals surface area contributed by atoms with E-state index in [0.29, 0.717) is 18.8 Å². The van der Waals surface area contributed by atoms with Gasteiger partial charge in [-0.3, -0.25) is 4.79 Å². The Morgan fingerprint density at radius 3 is 2.76 bits per heavy atom. The van der Waals surface area contributed by atoms with Gasteiger partial charge in [0.2, 0.25) is 0 Å². The van der Waals surface area contributed by atoms with Crippen LogP contribution in [0.15, 0.2) is 27.1 Å². The second kappa shape index (κ2) is 7.13. The van der Waals surface area contributed by atoms with Crippen molar-refractivity contribution in [1.29, 1.82) is 0 Å². The highest BCUT2D eigenvalue weighted by molar-refractivity contribution is 9.11. The summed E-state index contributed by atoms with van der Waals surface area (Å²) < 4.78 is 6.95. The Bertz CT molecular complexity index is 396. The fraction of sp³-hybridized carbons (Fsp3) is 0.417. The molecule has 94 valence electrons. The van der Waals surface area contributed by atoms with Crippen molar-refractivity contribution in [2.45, 2.75) is 19.9 Å². The first-order chi connectivity index (χ1) is 8.04. The summed E-state index contributed by atoms with van der Waals surface area (Å²) in [5, 5.41) is 2.88. The van der Waals surface area contributed by atoms with Gasteiger partial charge >= 0.3 is 0 Å². The molecule has 17 heavy (non-hydrogen) atoms. The molecule has 1 amide bonds. The number of halogens is 2. The van der Waals surface area contributed by atoms with Gasteiger partial charge in [0.1, 0.15) is 0 Å². The van der Waals surface area contributed by atoms with Crippen molar-refractivity contribution in [2.24, 2.45) is 0 Å². The summed E-state index contributed by atoms with van der Waals surface area (Å²) >= 11 is 6.72. The predicted molar refractivity (Wildman–Crippen MR) is 75.3 cm³/mol. The standard InChI is InChI=1S/C12H15Br2NO2/c1-3-17-7-8(2)15-12(16)10-5-4-9(13)6-11(10)14/h4-6,8H,3,7H2,1-2H3,(H,15,16). The molecule has 0 aliphatic carbocycles. The molecule has 0 saturated carbocycles. The summed E-state index contributed by atoms with van der Waals surface area (Å²) in [6, 6.07) is 5.46. The maximum Gasteiger partial charge on any atom is 0.252 e. The van der Waals surface area contributed by atoms with Crippen LogP contribution >= 0.6 is 31.9 Å². The van der Waals surface area contributed by atoms with Gasteiger partial charge in [0.05, 0.1) is 12.2 Å². The fourth-order valence-electron chi connectivity index (χ4n) is 1.31. The Kier molecular flexibility index (Phi) is 6.16. The number of carbonyl (C=O) groups is 1. The Balaban J connectivity index is 2.63. The van der Waals surface area contributed by atoms with E-state index in [0.717, 1.165) is 8.95 Å². The van der Waals surface area contributed by atoms with Crippen LogP contribution in [0.2, 0.25) is 0 Å². The van der Waals surface area contributed by atoms with Crippen molar-refractivity contribution in [2.75, 3.05) is 13.2 Å². The lowest BCUT2D eigenvalue weighted by molar-refractivity contribution is 0.0871. The monoisotopic (exact) mass is 363 g/mol. The molecule has 0 heterocycles. The van der Waals surface area contributed by atoms with Crippen LogP contribution in [0.3, 0.4) is 0 Å². The van der Waals surface area contributed by atoms with Crippen LogP contribution in [0.1, 0.15) is 24.2 Å². The van der Waals surface area contributed by atoms with Gasteiger partial charge < -0.3 is 10.1 Å². The lowest BCUT2D eigenvalue weighted by atomic mass is 10.2. The molecule has 0 aliphatic rings. The average Bonchev–Trinajstić information content (AvgIpc) is 2.26. The normalized spacial score (nSPS) is 12.2. The first-order valence-electron chi connectivity index (χ1n) is 5.38. The number of benzene rings is 1. The third kappa shape index (κ3) is 4.77. The molecule has 1 N–H and O–H groups in total. The zero-order valence-corrected chi connectivity index (χ0v) is 13.0. The van der Waals surface area contributed by atoms with E-state index in [9.17, 15) is 4.79 Å². The van der Waals surface area contributed by atoms with Crippen LogP contribution in [0.4, 0.5) is 0 Å². The number of ether oxygens (including phenoxy) is 1. The highest BCUT2D eigenvalue weighted by Crippen LogP contribution is 2.21. The number of amides is 1. The van der Waals surface area contributed by atoms with E-state index in [1.54, 1.807) is 6.07 Å². The first-order valence-corrected chi connectivity index (χ1v) is 6.96. The van der Waals surface area contributed by atoms with E-state index in [2.05, 4.69) is 37.2 Å². The van der Waals surface area contributed by atoms with Crippen LogP contribution in [-0.4, -0.2) is 25.2 Å². The Hall–Kier alpha value is -0.390. The lowest BCUT2D eigenvalue weighted by Crippen LogP contribution is -2.36. The molecule has 1 atom stereocenters. The molecule has 0 aliphatic heterocycles. The van der Waals surface area contributed by atoms with E-state index in [1.165, 1.54) is 0 Å². The summed E-state index contributed by atoms with van der Waals surface area (Å²) in [5.41, 5.74) is 0.622. The summed E-state index contributed by atoms with van der Waals surface area (Å²) in [5.74, 6) is -0.100. The molecular weight excluding hydrogens is 350 g/mol. The first kappa shape index (κ1) is 14.7. The smallest absolute Gasteiger partial charge is 0.252 e. The number of hydrogen-bond acceptors (Lipinski definition) is 2. The van der Waals surface area contributed by atoms with E-state index in [-0.39, 0.29) is 11.9 Å². The van der Waals surface area contributed by atoms with Crippen molar-refractivity contribution >= 4 is 37.8 Å². The molecule has 1 aromatic rings. The highest BCUT2D eigenvalue weighted by atomic mass is 79.9. The van der Waals surface area contributed by atoms with Gasteiger partial charge in [-0.1, -0.05) is 15.9 Å². The van der Waals surface area contributed by atoms with Gasteiger partial charge in [-0.05, 0) is 48.0 Å². The van der Waals surface area contributed by atoms with Crippen LogP contribution in [0.5, 0.6) is 0 Å². The van der Waals surface area contributed by atoms with Gasteiger partial charge in [0, 0.05) is 21.6 Å². The SMILES string of the molecule is CCOCC(C)NC(=O)c1ccc(Br)cc1Br. The second-order valence-corrected chi connectivity index (χ2v) is 5.43. The molecule has 1 unspecified atom stereocenters. The maximum absolute atomic E-state index is 11.9. The molecule has 0 fully saturated rings. The number of carbonyl (C=O) groups excluding carboxylic acids is 1. The van der Waals surface area contributed by atoms with Crippen LogP contribution < -0.4 is 5.32 Å². The van der Waals surface area contributed by atoms with E-state index in [1.807, 2.05) is 26.0 Å². The highest BCUT2D eigenvalue weighted by Gasteiger charge is 2.12. The van der Waals surface area contributed by atoms with Crippen LogP contribution in [0, 0.1) is 0 Å². The third-order valence-electron chi connectivity index (χ3n) is 2.13. The van der Waals surface area contributed by atoms with E-state index < -0.39 is 0 Å². The van der Waals surface area contributed by atoms with Crippen molar-refractivity contribution in [1.82, 2.24) is 5.32 Å². The third-order valence-corrected chi connectivity index (χ3v) is 3.27. The molecule has 3 nitrogen and oxygen atoms in total. The molecule has 1 aromatic carbocycles. The molecule has 1 rings (SSSR count). The minimum Gasteiger partial charge on any atom is -0.380 e. The molecule has 0 bridgehead atoms. The number of hydrogen-bond donors (Lipinski definition) is 1. The Labute approximate surface area is 118 Å². The van der Waals surface area contributed by atoms with Crippen LogP contribution in [-0.2, 0) is 4.74 Å². The minimum absolute atomic E-state index is 0.00185. The van der Waals surface area contributed by atoms with Crippen molar-refractivity contribution in [3.63, 3.8) is 0 Å². The number of nitrogens with one attached hydrogen (secondary N) is 1. The molecule has 0 saturated heterocycles. The largest absolute Gasteiger partial charge is 0.380 e. The zero-order valence-electron chi connectivity index (χ0n) is 9.80. The average molecular weight is 365 g/mol. The predicted octanol–water partition coefficient (Wildman–Crippen LogP) is 3.37. The quantitative estimate of drug-likeness (QED) is 0.869. The summed E-state index contributed by atoms with van der Waals surface area (Å²) in [6.45, 7) is 5.03. The topological polar surface area (TPSA) is 38.3 Å². The van der Waals surface area contributed by atoms with Gasteiger partial charge in [-0.25, -0.2) is 0 Å². The fourth-order valence-corrected chi connectivity index (χ4v) is 2.54. The summed E-state index contributed by atoms with van der Waals surface area (Å²) in [6.07, 6.45) is 0. The number of rotatable bonds is 5. The van der Waals surface area contributed by atoms with Gasteiger partial charge in [0.15, 0.2) is 0 Å². The Morgan fingerprint density at radius 1 is 1.47 bits per heavy atom. The van der Waals surface area contributed by atoms with Gasteiger partial charge in [-0.2, -0.15) is 0 Å². The molecular formula is C12H15Br2NO2. The van der Waals surface area contributed by atoms with Gasteiger partial charge in [0.25, 0.3) is 5.91 Å². The summed E-state index contributed by atoms with van der Waals surface area (Å²) in [7, 11) is 0. The zero-order chi connectivity index (χ0) is 12.8. The van der Waals surface area contributed by atoms with Crippen molar-refractivity contribution in [3.05, 3.63) is 32.7 Å². The molecule has 0 spiro atoms. The molecule has 0 aromatic heterocycles. The molecule has 5 heteroatoms. The van der Waals surface area contributed by atoms with Crippen LogP contribution in [0.25, 0.3) is 0 Å². The second-order valence-electron chi connectivity index (χ2n) is 3.66. The lowest BCUT2D eigenvalue weighted by Gasteiger charge is -2.14. The maximum atomic E-state index is 11.9.